The Hall–Kier alpha value is -1.88. The van der Waals surface area contributed by atoms with Crippen LogP contribution in [0.2, 0.25) is 0 Å². The number of ether oxygens (including phenoxy) is 2. The highest BCUT2D eigenvalue weighted by Gasteiger charge is 2.32. The number of anilines is 1. The van der Waals surface area contributed by atoms with Crippen LogP contribution in [-0.4, -0.2) is 38.2 Å². The molecule has 5 nitrogen and oxygen atoms in total. The zero-order valence-corrected chi connectivity index (χ0v) is 12.1. The average molecular weight is 289 g/mol. The quantitative estimate of drug-likeness (QED) is 0.854. The molecule has 1 saturated heterocycles. The number of amides is 1. The zero-order chi connectivity index (χ0) is 14.8. The van der Waals surface area contributed by atoms with Crippen molar-refractivity contribution in [2.75, 3.05) is 25.2 Å². The molecule has 112 valence electrons. The molecule has 1 saturated carbocycles. The molecule has 0 aromatic heterocycles. The predicted octanol–water partition coefficient (Wildman–Crippen LogP) is 2.49. The third kappa shape index (κ3) is 2.93. The fourth-order valence-electron chi connectivity index (χ4n) is 3.03. The van der Waals surface area contributed by atoms with Crippen molar-refractivity contribution in [2.45, 2.75) is 31.3 Å². The lowest BCUT2D eigenvalue weighted by molar-refractivity contribution is -0.117. The molecule has 2 fully saturated rings. The second-order valence-corrected chi connectivity index (χ2v) is 5.64. The van der Waals surface area contributed by atoms with E-state index >= 15 is 0 Å². The monoisotopic (exact) mass is 289 g/mol. The van der Waals surface area contributed by atoms with Crippen LogP contribution in [0.15, 0.2) is 24.3 Å². The number of nitrogens with zero attached hydrogens (tertiary/aromatic N) is 1. The Kier molecular flexibility index (Phi) is 3.92. The molecule has 0 spiro atoms. The first-order valence-corrected chi connectivity index (χ1v) is 7.26. The number of hydrogen-bond acceptors (Lipinski definition) is 4. The molecule has 3 rings (SSSR count). The first-order chi connectivity index (χ1) is 10.2. The summed E-state index contributed by atoms with van der Waals surface area (Å²) in [7, 11) is 1.59. The van der Waals surface area contributed by atoms with Gasteiger partial charge in [0, 0.05) is 25.6 Å². The highest BCUT2D eigenvalue weighted by atomic mass is 16.6. The van der Waals surface area contributed by atoms with Crippen LogP contribution in [0.25, 0.3) is 0 Å². The van der Waals surface area contributed by atoms with Crippen LogP contribution in [0.5, 0.6) is 0 Å². The Labute approximate surface area is 123 Å². The number of cyclic esters (lactones) is 1. The molecule has 5 heteroatoms. The van der Waals surface area contributed by atoms with E-state index < -0.39 is 0 Å². The van der Waals surface area contributed by atoms with E-state index in [2.05, 4.69) is 0 Å². The summed E-state index contributed by atoms with van der Waals surface area (Å²) in [6.07, 6.45) is 1.71. The van der Waals surface area contributed by atoms with Gasteiger partial charge in [0.2, 0.25) is 0 Å². The van der Waals surface area contributed by atoms with Gasteiger partial charge in [-0.1, -0.05) is 12.1 Å². The summed E-state index contributed by atoms with van der Waals surface area (Å²) in [6.45, 7) is 0.915. The van der Waals surface area contributed by atoms with E-state index in [1.165, 1.54) is 5.56 Å². The summed E-state index contributed by atoms with van der Waals surface area (Å²) < 4.78 is 10.2. The molecule has 1 aliphatic carbocycles. The molecule has 2 aliphatic rings. The number of Topliss-reactive ketones (excluding diaryl/α,β-unsaturated/α-hetero) is 1. The highest BCUT2D eigenvalue weighted by molar-refractivity contribution is 5.89. The molecular formula is C16H19NO4. The van der Waals surface area contributed by atoms with Crippen LogP contribution < -0.4 is 4.90 Å². The molecule has 0 bridgehead atoms. The van der Waals surface area contributed by atoms with E-state index in [1.807, 2.05) is 24.3 Å². The topological polar surface area (TPSA) is 55.8 Å². The van der Waals surface area contributed by atoms with Gasteiger partial charge in [-0.15, -0.1) is 0 Å². The summed E-state index contributed by atoms with van der Waals surface area (Å²) in [5.41, 5.74) is 2.00. The number of hydrogen-bond donors (Lipinski definition) is 0. The highest BCUT2D eigenvalue weighted by Crippen LogP contribution is 2.33. The Morgan fingerprint density at radius 3 is 2.67 bits per heavy atom. The average Bonchev–Trinajstić information content (AvgIpc) is 3.06. The van der Waals surface area contributed by atoms with Gasteiger partial charge in [-0.3, -0.25) is 9.69 Å². The van der Waals surface area contributed by atoms with Gasteiger partial charge in [0.25, 0.3) is 0 Å². The van der Waals surface area contributed by atoms with E-state index in [9.17, 15) is 9.59 Å². The molecule has 1 aliphatic heterocycles. The van der Waals surface area contributed by atoms with Gasteiger partial charge in [-0.2, -0.15) is 0 Å². The fourth-order valence-corrected chi connectivity index (χ4v) is 3.03. The SMILES string of the molecule is COC[C@H]1CN(c2ccc([C@H]3CCC(=O)C3)cc2)C(=O)O1. The molecule has 1 heterocycles. The molecular weight excluding hydrogens is 270 g/mol. The zero-order valence-electron chi connectivity index (χ0n) is 12.1. The third-order valence-electron chi connectivity index (χ3n) is 4.15. The maximum Gasteiger partial charge on any atom is 0.414 e. The van der Waals surface area contributed by atoms with Crippen molar-refractivity contribution in [3.05, 3.63) is 29.8 Å². The minimum absolute atomic E-state index is 0.213. The van der Waals surface area contributed by atoms with Gasteiger partial charge < -0.3 is 9.47 Å². The minimum Gasteiger partial charge on any atom is -0.441 e. The van der Waals surface area contributed by atoms with E-state index in [1.54, 1.807) is 12.0 Å². The first kappa shape index (κ1) is 14.1. The van der Waals surface area contributed by atoms with Crippen molar-refractivity contribution in [1.82, 2.24) is 0 Å². The van der Waals surface area contributed by atoms with Crippen LogP contribution in [0.1, 0.15) is 30.7 Å². The van der Waals surface area contributed by atoms with Crippen LogP contribution in [0.3, 0.4) is 0 Å². The van der Waals surface area contributed by atoms with E-state index in [0.717, 1.165) is 12.1 Å². The molecule has 1 aromatic rings. The van der Waals surface area contributed by atoms with Crippen LogP contribution >= 0.6 is 0 Å². The Bertz CT molecular complexity index is 540. The molecule has 0 unspecified atom stereocenters. The number of benzene rings is 1. The van der Waals surface area contributed by atoms with Gasteiger partial charge in [0.15, 0.2) is 0 Å². The van der Waals surface area contributed by atoms with Gasteiger partial charge in [0.05, 0.1) is 13.2 Å². The lowest BCUT2D eigenvalue weighted by Crippen LogP contribution is -2.25. The summed E-state index contributed by atoms with van der Waals surface area (Å²) in [6, 6.07) is 7.87. The summed E-state index contributed by atoms with van der Waals surface area (Å²) in [5.74, 6) is 0.674. The molecule has 1 amide bonds. The number of methoxy groups -OCH3 is 1. The number of ketones is 1. The Balaban J connectivity index is 1.69. The van der Waals surface area contributed by atoms with Crippen LogP contribution in [-0.2, 0) is 14.3 Å². The minimum atomic E-state index is -0.333. The second-order valence-electron chi connectivity index (χ2n) is 5.64. The van der Waals surface area contributed by atoms with Crippen molar-refractivity contribution in [2.24, 2.45) is 0 Å². The van der Waals surface area contributed by atoms with Crippen molar-refractivity contribution in [3.8, 4) is 0 Å². The molecule has 2 atom stereocenters. The largest absolute Gasteiger partial charge is 0.441 e. The standard InChI is InChI=1S/C16H19NO4/c1-20-10-15-9-17(16(19)21-15)13-5-2-11(3-6-13)12-4-7-14(18)8-12/h2-3,5-6,12,15H,4,7-10H2,1H3/t12-,15+/m0/s1. The lowest BCUT2D eigenvalue weighted by atomic mass is 9.97. The maximum absolute atomic E-state index is 11.8. The van der Waals surface area contributed by atoms with Gasteiger partial charge in [-0.05, 0) is 30.0 Å². The predicted molar refractivity (Wildman–Crippen MR) is 77.5 cm³/mol. The number of carbonyl (C=O) groups excluding carboxylic acids is 2. The van der Waals surface area contributed by atoms with Gasteiger partial charge in [-0.25, -0.2) is 4.79 Å². The van der Waals surface area contributed by atoms with Crippen molar-refractivity contribution in [1.29, 1.82) is 0 Å². The lowest BCUT2D eigenvalue weighted by Gasteiger charge is -2.15. The number of rotatable bonds is 4. The van der Waals surface area contributed by atoms with Gasteiger partial charge >= 0.3 is 6.09 Å². The fraction of sp³-hybridized carbons (Fsp3) is 0.500. The van der Waals surface area contributed by atoms with E-state index in [0.29, 0.717) is 37.7 Å². The molecule has 0 radical (unpaired) electrons. The first-order valence-electron chi connectivity index (χ1n) is 7.26. The third-order valence-corrected chi connectivity index (χ3v) is 4.15. The van der Waals surface area contributed by atoms with Crippen molar-refractivity contribution >= 4 is 17.6 Å². The van der Waals surface area contributed by atoms with Crippen molar-refractivity contribution in [3.63, 3.8) is 0 Å². The summed E-state index contributed by atoms with van der Waals surface area (Å²) >= 11 is 0. The Morgan fingerprint density at radius 1 is 1.29 bits per heavy atom. The molecule has 1 aromatic carbocycles. The van der Waals surface area contributed by atoms with E-state index in [4.69, 9.17) is 9.47 Å². The van der Waals surface area contributed by atoms with Crippen molar-refractivity contribution < 1.29 is 19.1 Å². The normalized spacial score (nSPS) is 25.5. The van der Waals surface area contributed by atoms with Gasteiger partial charge in [0.1, 0.15) is 11.9 Å². The molecule has 21 heavy (non-hydrogen) atoms. The smallest absolute Gasteiger partial charge is 0.414 e. The van der Waals surface area contributed by atoms with Crippen LogP contribution in [0.4, 0.5) is 10.5 Å². The molecule has 0 N–H and O–H groups in total. The maximum atomic E-state index is 11.8. The Morgan fingerprint density at radius 2 is 2.05 bits per heavy atom. The van der Waals surface area contributed by atoms with Crippen LogP contribution in [0, 0.1) is 0 Å². The summed E-state index contributed by atoms with van der Waals surface area (Å²) in [5, 5.41) is 0. The number of carbonyl (C=O) groups is 2. The second kappa shape index (κ2) is 5.85. The van der Waals surface area contributed by atoms with E-state index in [-0.39, 0.29) is 12.2 Å². The summed E-state index contributed by atoms with van der Waals surface area (Å²) in [4.78, 5) is 24.8.